The van der Waals surface area contributed by atoms with Gasteiger partial charge in [-0.3, -0.25) is 4.99 Å². The maximum atomic E-state index is 3.99. The van der Waals surface area contributed by atoms with E-state index in [4.69, 9.17) is 0 Å². The summed E-state index contributed by atoms with van der Waals surface area (Å²) in [5.41, 5.74) is 1.38. The van der Waals surface area contributed by atoms with Crippen LogP contribution < -0.4 is 5.32 Å². The fourth-order valence-corrected chi connectivity index (χ4v) is 0.889. The molecule has 0 spiro atoms. The van der Waals surface area contributed by atoms with E-state index in [0.717, 1.165) is 13.0 Å². The van der Waals surface area contributed by atoms with Crippen LogP contribution in [-0.2, 0) is 0 Å². The molecule has 1 N–H and O–H groups in total. The second kappa shape index (κ2) is 4.01. The summed E-state index contributed by atoms with van der Waals surface area (Å²) in [5, 5.41) is 3.10. The highest BCUT2D eigenvalue weighted by Gasteiger charge is 1.92. The molecule has 0 atom stereocenters. The minimum absolute atomic E-state index is 0.955. The van der Waals surface area contributed by atoms with Gasteiger partial charge in [-0.05, 0) is 19.5 Å². The molecular formula is C8H12N2. The van der Waals surface area contributed by atoms with Crippen molar-refractivity contribution >= 4 is 6.21 Å². The second-order valence-corrected chi connectivity index (χ2v) is 2.24. The molecule has 0 aromatic carbocycles. The third kappa shape index (κ3) is 2.15. The number of hydrogen-bond donors (Lipinski definition) is 1. The molecule has 0 saturated heterocycles. The molecule has 0 amide bonds. The van der Waals surface area contributed by atoms with Gasteiger partial charge in [0.25, 0.3) is 0 Å². The van der Waals surface area contributed by atoms with Crippen molar-refractivity contribution < 1.29 is 0 Å². The van der Waals surface area contributed by atoms with Gasteiger partial charge in [-0.25, -0.2) is 0 Å². The van der Waals surface area contributed by atoms with Gasteiger partial charge in [0.2, 0.25) is 0 Å². The Morgan fingerprint density at radius 3 is 3.40 bits per heavy atom. The SMILES string of the molecule is CNCC1=CC=NC=CC1. The minimum atomic E-state index is 0.955. The van der Waals surface area contributed by atoms with Gasteiger partial charge >= 0.3 is 0 Å². The maximum absolute atomic E-state index is 3.99. The Balaban J connectivity index is 2.50. The molecular weight excluding hydrogens is 124 g/mol. The fraction of sp³-hybridized carbons (Fsp3) is 0.375. The molecule has 0 saturated carbocycles. The van der Waals surface area contributed by atoms with Crippen molar-refractivity contribution in [3.05, 3.63) is 23.9 Å². The van der Waals surface area contributed by atoms with Gasteiger partial charge in [0.15, 0.2) is 0 Å². The molecule has 0 aromatic rings. The largest absolute Gasteiger partial charge is 0.316 e. The number of hydrogen-bond acceptors (Lipinski definition) is 2. The summed E-state index contributed by atoms with van der Waals surface area (Å²) in [6, 6.07) is 0. The van der Waals surface area contributed by atoms with Gasteiger partial charge < -0.3 is 5.32 Å². The lowest BCUT2D eigenvalue weighted by Gasteiger charge is -1.99. The predicted molar refractivity (Wildman–Crippen MR) is 44.3 cm³/mol. The van der Waals surface area contributed by atoms with Gasteiger partial charge in [0, 0.05) is 19.0 Å². The highest BCUT2D eigenvalue weighted by atomic mass is 14.8. The standard InChI is InChI=1S/C8H12N2/c1-9-7-8-3-2-5-10-6-4-8/h2,4-6,9H,3,7H2,1H3. The van der Waals surface area contributed by atoms with Crippen LogP contribution in [0.15, 0.2) is 28.9 Å². The molecule has 0 bridgehead atoms. The Morgan fingerprint density at radius 1 is 1.70 bits per heavy atom. The number of allylic oxidation sites excluding steroid dienone is 2. The molecule has 0 aromatic heterocycles. The third-order valence-corrected chi connectivity index (χ3v) is 1.37. The molecule has 1 aliphatic heterocycles. The molecule has 1 rings (SSSR count). The summed E-state index contributed by atoms with van der Waals surface area (Å²) in [7, 11) is 1.95. The normalized spacial score (nSPS) is 16.7. The minimum Gasteiger partial charge on any atom is -0.316 e. The molecule has 0 fully saturated rings. The van der Waals surface area contributed by atoms with Gasteiger partial charge in [0.1, 0.15) is 0 Å². The van der Waals surface area contributed by atoms with E-state index in [9.17, 15) is 0 Å². The molecule has 2 heteroatoms. The van der Waals surface area contributed by atoms with Gasteiger partial charge in [-0.15, -0.1) is 0 Å². The average molecular weight is 136 g/mol. The Morgan fingerprint density at radius 2 is 2.60 bits per heavy atom. The zero-order valence-electron chi connectivity index (χ0n) is 6.17. The van der Waals surface area contributed by atoms with E-state index in [1.165, 1.54) is 5.57 Å². The monoisotopic (exact) mass is 136 g/mol. The van der Waals surface area contributed by atoms with Crippen LogP contribution in [-0.4, -0.2) is 19.8 Å². The molecule has 2 nitrogen and oxygen atoms in total. The molecule has 54 valence electrons. The van der Waals surface area contributed by atoms with Crippen molar-refractivity contribution in [1.29, 1.82) is 0 Å². The number of aliphatic imine (C=N–C) groups is 1. The Bertz CT molecular complexity index is 178. The van der Waals surface area contributed by atoms with Crippen LogP contribution in [0.1, 0.15) is 6.42 Å². The first-order chi connectivity index (χ1) is 4.93. The number of nitrogens with one attached hydrogen (secondary N) is 1. The Hall–Kier alpha value is -0.890. The summed E-state index contributed by atoms with van der Waals surface area (Å²) < 4.78 is 0. The topological polar surface area (TPSA) is 24.4 Å². The summed E-state index contributed by atoms with van der Waals surface area (Å²) in [6.07, 6.45) is 8.79. The Labute approximate surface area is 61.4 Å². The lowest BCUT2D eigenvalue weighted by Crippen LogP contribution is -2.09. The first-order valence-corrected chi connectivity index (χ1v) is 3.44. The zero-order valence-corrected chi connectivity index (χ0v) is 6.17. The third-order valence-electron chi connectivity index (χ3n) is 1.37. The van der Waals surface area contributed by atoms with E-state index in [2.05, 4.69) is 22.5 Å². The van der Waals surface area contributed by atoms with Crippen molar-refractivity contribution in [3.63, 3.8) is 0 Å². The van der Waals surface area contributed by atoms with E-state index in [1.54, 1.807) is 0 Å². The van der Waals surface area contributed by atoms with E-state index >= 15 is 0 Å². The summed E-state index contributed by atoms with van der Waals surface area (Å²) in [4.78, 5) is 3.99. The van der Waals surface area contributed by atoms with Crippen LogP contribution in [0.25, 0.3) is 0 Å². The summed E-state index contributed by atoms with van der Waals surface area (Å²) in [5.74, 6) is 0. The van der Waals surface area contributed by atoms with Crippen molar-refractivity contribution in [2.75, 3.05) is 13.6 Å². The van der Waals surface area contributed by atoms with Crippen LogP contribution >= 0.6 is 0 Å². The van der Waals surface area contributed by atoms with Gasteiger partial charge in [-0.2, -0.15) is 0 Å². The lowest BCUT2D eigenvalue weighted by atomic mass is 10.2. The smallest absolute Gasteiger partial charge is 0.0267 e. The van der Waals surface area contributed by atoms with Crippen molar-refractivity contribution in [2.45, 2.75) is 6.42 Å². The average Bonchev–Trinajstić information content (AvgIpc) is 2.17. The summed E-state index contributed by atoms with van der Waals surface area (Å²) in [6.45, 7) is 0.955. The van der Waals surface area contributed by atoms with E-state index in [0.29, 0.717) is 0 Å². The highest BCUT2D eigenvalue weighted by molar-refractivity contribution is 5.73. The van der Waals surface area contributed by atoms with E-state index < -0.39 is 0 Å². The zero-order chi connectivity index (χ0) is 7.23. The number of rotatable bonds is 2. The first-order valence-electron chi connectivity index (χ1n) is 3.44. The Kier molecular flexibility index (Phi) is 2.90. The lowest BCUT2D eigenvalue weighted by molar-refractivity contribution is 0.863. The van der Waals surface area contributed by atoms with Crippen LogP contribution in [0, 0.1) is 0 Å². The second-order valence-electron chi connectivity index (χ2n) is 2.24. The van der Waals surface area contributed by atoms with Gasteiger partial charge in [-0.1, -0.05) is 11.6 Å². The quantitative estimate of drug-likeness (QED) is 0.604. The van der Waals surface area contributed by atoms with Crippen LogP contribution in [0.5, 0.6) is 0 Å². The van der Waals surface area contributed by atoms with E-state index in [1.807, 2.05) is 19.5 Å². The molecule has 0 radical (unpaired) electrons. The molecule has 10 heavy (non-hydrogen) atoms. The molecule has 1 aliphatic rings. The van der Waals surface area contributed by atoms with Crippen LogP contribution in [0.2, 0.25) is 0 Å². The molecule has 0 unspecified atom stereocenters. The van der Waals surface area contributed by atoms with E-state index in [-0.39, 0.29) is 0 Å². The summed E-state index contributed by atoms with van der Waals surface area (Å²) >= 11 is 0. The van der Waals surface area contributed by atoms with Crippen molar-refractivity contribution in [3.8, 4) is 0 Å². The number of likely N-dealkylation sites (N-methyl/N-ethyl adjacent to an activating group) is 1. The van der Waals surface area contributed by atoms with Gasteiger partial charge in [0.05, 0.1) is 0 Å². The van der Waals surface area contributed by atoms with Crippen LogP contribution in [0.4, 0.5) is 0 Å². The maximum Gasteiger partial charge on any atom is 0.0267 e. The first kappa shape index (κ1) is 7.22. The molecule has 1 heterocycles. The fourth-order valence-electron chi connectivity index (χ4n) is 0.889. The predicted octanol–water partition coefficient (Wildman–Crippen LogP) is 1.12. The number of nitrogens with zero attached hydrogens (tertiary/aromatic N) is 1. The van der Waals surface area contributed by atoms with Crippen LogP contribution in [0.3, 0.4) is 0 Å². The van der Waals surface area contributed by atoms with Crippen molar-refractivity contribution in [1.82, 2.24) is 5.32 Å². The highest BCUT2D eigenvalue weighted by Crippen LogP contribution is 2.02. The van der Waals surface area contributed by atoms with Crippen molar-refractivity contribution in [2.24, 2.45) is 4.99 Å². The molecule has 0 aliphatic carbocycles.